The summed E-state index contributed by atoms with van der Waals surface area (Å²) < 4.78 is 22.6. The van der Waals surface area contributed by atoms with Gasteiger partial charge in [-0.3, -0.25) is 4.79 Å². The molecule has 2 aromatic carbocycles. The van der Waals surface area contributed by atoms with Crippen molar-refractivity contribution in [2.45, 2.75) is 30.1 Å². The van der Waals surface area contributed by atoms with E-state index in [4.69, 9.17) is 5.14 Å². The number of carbonyl (C=O) groups is 1. The van der Waals surface area contributed by atoms with E-state index in [-0.39, 0.29) is 16.6 Å². The Morgan fingerprint density at radius 3 is 2.28 bits per heavy atom. The van der Waals surface area contributed by atoms with Gasteiger partial charge >= 0.3 is 0 Å². The predicted octanol–water partition coefficient (Wildman–Crippen LogP) is 2.56. The lowest BCUT2D eigenvalue weighted by atomic mass is 9.85. The summed E-state index contributed by atoms with van der Waals surface area (Å²) in [7, 11) is 0.344. The fourth-order valence-electron chi connectivity index (χ4n) is 3.51. The molecule has 3 rings (SSSR count). The Hall–Kier alpha value is -2.64. The Bertz CT molecular complexity index is 995. The molecule has 1 aliphatic rings. The summed E-state index contributed by atoms with van der Waals surface area (Å²) in [6, 6.07) is 14.9. The molecule has 1 unspecified atom stereocenters. The average molecular weight is 414 g/mol. The quantitative estimate of drug-likeness (QED) is 0.728. The van der Waals surface area contributed by atoms with Gasteiger partial charge in [-0.1, -0.05) is 24.3 Å². The third kappa shape index (κ3) is 5.68. The van der Waals surface area contributed by atoms with Crippen molar-refractivity contribution >= 4 is 21.5 Å². The van der Waals surface area contributed by atoms with Crippen LogP contribution in [-0.4, -0.2) is 34.8 Å². The zero-order valence-electron chi connectivity index (χ0n) is 16.8. The zero-order chi connectivity index (χ0) is 21.0. The predicted molar refractivity (Wildman–Crippen MR) is 115 cm³/mol. The summed E-state index contributed by atoms with van der Waals surface area (Å²) in [5.74, 6) is 0.318. The van der Waals surface area contributed by atoms with E-state index in [1.54, 1.807) is 18.2 Å². The highest BCUT2D eigenvalue weighted by molar-refractivity contribution is 7.89. The SMILES string of the molecule is CN(C)c1ccc(C2CC(=O)C=C(NCCc3ccc(S(N)(=O)=O)cc3)C2)cc1. The van der Waals surface area contributed by atoms with Gasteiger partial charge < -0.3 is 10.2 Å². The lowest BCUT2D eigenvalue weighted by Crippen LogP contribution is -2.24. The molecular formula is C22H27N3O3S. The van der Waals surface area contributed by atoms with Crippen LogP contribution in [-0.2, 0) is 21.2 Å². The highest BCUT2D eigenvalue weighted by Gasteiger charge is 2.22. The molecule has 0 saturated carbocycles. The number of sulfonamides is 1. The monoisotopic (exact) mass is 413 g/mol. The highest BCUT2D eigenvalue weighted by Crippen LogP contribution is 2.31. The van der Waals surface area contributed by atoms with Gasteiger partial charge in [0, 0.05) is 44.5 Å². The van der Waals surface area contributed by atoms with Crippen LogP contribution in [0.5, 0.6) is 0 Å². The molecule has 0 aromatic heterocycles. The fraction of sp³-hybridized carbons (Fsp3) is 0.318. The molecule has 154 valence electrons. The number of nitrogens with one attached hydrogen (secondary N) is 1. The summed E-state index contributed by atoms with van der Waals surface area (Å²) in [4.78, 5) is 14.4. The van der Waals surface area contributed by atoms with Crippen LogP contribution in [0, 0.1) is 0 Å². The molecule has 0 heterocycles. The first-order chi connectivity index (χ1) is 13.7. The Morgan fingerprint density at radius 1 is 1.03 bits per heavy atom. The van der Waals surface area contributed by atoms with E-state index in [0.29, 0.717) is 13.0 Å². The molecular weight excluding hydrogens is 386 g/mol. The van der Waals surface area contributed by atoms with Crippen LogP contribution in [0.1, 0.15) is 29.9 Å². The second-order valence-electron chi connectivity index (χ2n) is 7.59. The maximum atomic E-state index is 12.2. The first-order valence-corrected chi connectivity index (χ1v) is 11.1. The smallest absolute Gasteiger partial charge is 0.238 e. The molecule has 2 aromatic rings. The molecule has 0 radical (unpaired) electrons. The number of rotatable bonds is 7. The number of anilines is 1. The van der Waals surface area contributed by atoms with E-state index in [9.17, 15) is 13.2 Å². The van der Waals surface area contributed by atoms with Crippen LogP contribution in [0.2, 0.25) is 0 Å². The van der Waals surface area contributed by atoms with Crippen molar-refractivity contribution in [3.8, 4) is 0 Å². The fourth-order valence-corrected chi connectivity index (χ4v) is 4.02. The number of carbonyl (C=O) groups excluding carboxylic acids is 1. The van der Waals surface area contributed by atoms with Crippen molar-refractivity contribution in [2.75, 3.05) is 25.5 Å². The van der Waals surface area contributed by atoms with Gasteiger partial charge in [-0.15, -0.1) is 0 Å². The molecule has 0 saturated heterocycles. The van der Waals surface area contributed by atoms with Crippen molar-refractivity contribution in [3.05, 3.63) is 71.4 Å². The second kappa shape index (κ2) is 8.80. The first-order valence-electron chi connectivity index (χ1n) is 9.58. The topological polar surface area (TPSA) is 92.5 Å². The molecule has 0 amide bonds. The second-order valence-corrected chi connectivity index (χ2v) is 9.15. The summed E-state index contributed by atoms with van der Waals surface area (Å²) in [5.41, 5.74) is 4.26. The molecule has 0 fully saturated rings. The number of allylic oxidation sites excluding steroid dienone is 2. The third-order valence-corrected chi connectivity index (χ3v) is 6.08. The van der Waals surface area contributed by atoms with Crippen molar-refractivity contribution < 1.29 is 13.2 Å². The molecule has 7 heteroatoms. The molecule has 3 N–H and O–H groups in total. The van der Waals surface area contributed by atoms with E-state index < -0.39 is 10.0 Å². The summed E-state index contributed by atoms with van der Waals surface area (Å²) in [5, 5.41) is 8.48. The standard InChI is InChI=1S/C22H27N3O3S/c1-25(2)20-7-5-17(6-8-20)18-13-19(15-21(26)14-18)24-12-11-16-3-9-22(10-4-16)29(23,27)28/h3-10,15,18,24H,11-14H2,1-2H3,(H2,23,27,28). The van der Waals surface area contributed by atoms with Gasteiger partial charge in [-0.05, 0) is 54.2 Å². The van der Waals surface area contributed by atoms with Crippen LogP contribution < -0.4 is 15.4 Å². The minimum Gasteiger partial charge on any atom is -0.388 e. The number of hydrogen-bond donors (Lipinski definition) is 2. The normalized spacial score (nSPS) is 17.0. The van der Waals surface area contributed by atoms with E-state index in [2.05, 4.69) is 34.5 Å². The van der Waals surface area contributed by atoms with Crippen molar-refractivity contribution in [3.63, 3.8) is 0 Å². The number of hydrogen-bond acceptors (Lipinski definition) is 5. The van der Waals surface area contributed by atoms with Crippen LogP contribution in [0.4, 0.5) is 5.69 Å². The molecule has 0 bridgehead atoms. The van der Waals surface area contributed by atoms with Crippen LogP contribution in [0.25, 0.3) is 0 Å². The van der Waals surface area contributed by atoms with E-state index in [0.717, 1.165) is 29.8 Å². The number of ketones is 1. The molecule has 0 aliphatic heterocycles. The maximum absolute atomic E-state index is 12.2. The first kappa shape index (κ1) is 21.1. The number of primary sulfonamides is 1. The van der Waals surface area contributed by atoms with E-state index >= 15 is 0 Å². The van der Waals surface area contributed by atoms with Crippen molar-refractivity contribution in [2.24, 2.45) is 5.14 Å². The summed E-state index contributed by atoms with van der Waals surface area (Å²) in [6.45, 7) is 0.667. The lowest BCUT2D eigenvalue weighted by Gasteiger charge is -2.24. The maximum Gasteiger partial charge on any atom is 0.238 e. The van der Waals surface area contributed by atoms with Gasteiger partial charge in [0.1, 0.15) is 0 Å². The molecule has 6 nitrogen and oxygen atoms in total. The Morgan fingerprint density at radius 2 is 1.69 bits per heavy atom. The van der Waals surface area contributed by atoms with E-state index in [1.807, 2.05) is 14.1 Å². The van der Waals surface area contributed by atoms with Gasteiger partial charge in [-0.2, -0.15) is 0 Å². The number of nitrogens with zero attached hydrogens (tertiary/aromatic N) is 1. The summed E-state index contributed by atoms with van der Waals surface area (Å²) in [6.07, 6.45) is 3.76. The highest BCUT2D eigenvalue weighted by atomic mass is 32.2. The Balaban J connectivity index is 1.57. The summed E-state index contributed by atoms with van der Waals surface area (Å²) >= 11 is 0. The lowest BCUT2D eigenvalue weighted by molar-refractivity contribution is -0.115. The van der Waals surface area contributed by atoms with Gasteiger partial charge in [-0.25, -0.2) is 13.6 Å². The van der Waals surface area contributed by atoms with Gasteiger partial charge in [0.2, 0.25) is 10.0 Å². The minimum atomic E-state index is -3.67. The zero-order valence-corrected chi connectivity index (χ0v) is 17.6. The minimum absolute atomic E-state index is 0.109. The van der Waals surface area contributed by atoms with Crippen molar-refractivity contribution in [1.82, 2.24) is 5.32 Å². The van der Waals surface area contributed by atoms with Gasteiger partial charge in [0.05, 0.1) is 4.90 Å². The van der Waals surface area contributed by atoms with Gasteiger partial charge in [0.15, 0.2) is 5.78 Å². The number of nitrogens with two attached hydrogens (primary N) is 1. The molecule has 1 atom stereocenters. The Kier molecular flexibility index (Phi) is 6.39. The van der Waals surface area contributed by atoms with Crippen LogP contribution in [0.3, 0.4) is 0 Å². The van der Waals surface area contributed by atoms with Crippen LogP contribution in [0.15, 0.2) is 65.2 Å². The van der Waals surface area contributed by atoms with Crippen molar-refractivity contribution in [1.29, 1.82) is 0 Å². The van der Waals surface area contributed by atoms with E-state index in [1.165, 1.54) is 17.7 Å². The molecule has 0 spiro atoms. The van der Waals surface area contributed by atoms with Crippen LogP contribution >= 0.6 is 0 Å². The molecule has 1 aliphatic carbocycles. The Labute approximate surface area is 172 Å². The molecule has 29 heavy (non-hydrogen) atoms. The van der Waals surface area contributed by atoms with Gasteiger partial charge in [0.25, 0.3) is 0 Å². The average Bonchev–Trinajstić information content (AvgIpc) is 2.67. The largest absolute Gasteiger partial charge is 0.388 e. The number of benzene rings is 2. The third-order valence-electron chi connectivity index (χ3n) is 5.15.